The van der Waals surface area contributed by atoms with Crippen LogP contribution in [0.2, 0.25) is 5.02 Å². The summed E-state index contributed by atoms with van der Waals surface area (Å²) in [5.74, 6) is -0.713. The van der Waals surface area contributed by atoms with Crippen molar-refractivity contribution in [1.82, 2.24) is 14.8 Å². The van der Waals surface area contributed by atoms with Crippen LogP contribution < -0.4 is 11.1 Å². The minimum atomic E-state index is -3.44. The number of anilines is 1. The van der Waals surface area contributed by atoms with Gasteiger partial charge in [0.15, 0.2) is 21.3 Å². The average Bonchev–Trinajstić information content (AvgIpc) is 3.24. The number of primary amides is 1. The molecule has 0 atom stereocenters. The topological polar surface area (TPSA) is 137 Å². The summed E-state index contributed by atoms with van der Waals surface area (Å²) in [5, 5.41) is 7.63. The van der Waals surface area contributed by atoms with E-state index in [4.69, 9.17) is 17.3 Å². The molecule has 182 valence electrons. The summed E-state index contributed by atoms with van der Waals surface area (Å²) in [6.45, 7) is 0. The van der Waals surface area contributed by atoms with Gasteiger partial charge in [0.1, 0.15) is 0 Å². The number of halogens is 1. The van der Waals surface area contributed by atoms with Gasteiger partial charge in [-0.05, 0) is 54.8 Å². The number of nitrogens with two attached hydrogens (primary N) is 1. The van der Waals surface area contributed by atoms with Crippen molar-refractivity contribution in [3.63, 3.8) is 0 Å². The molecule has 5 rings (SSSR count). The molecule has 0 saturated carbocycles. The molecule has 0 aliphatic heterocycles. The van der Waals surface area contributed by atoms with E-state index in [0.717, 1.165) is 17.4 Å². The van der Waals surface area contributed by atoms with Gasteiger partial charge in [0.2, 0.25) is 0 Å². The summed E-state index contributed by atoms with van der Waals surface area (Å²) in [7, 11) is -3.44. The summed E-state index contributed by atoms with van der Waals surface area (Å²) in [6.07, 6.45) is 3.52. The number of aryl methyl sites for hydroxylation is 1. The lowest BCUT2D eigenvalue weighted by Gasteiger charge is -2.20. The van der Waals surface area contributed by atoms with Crippen LogP contribution in [-0.2, 0) is 22.7 Å². The van der Waals surface area contributed by atoms with E-state index in [9.17, 15) is 18.0 Å². The maximum Gasteiger partial charge on any atom is 0.269 e. The first-order chi connectivity index (χ1) is 17.1. The van der Waals surface area contributed by atoms with E-state index < -0.39 is 15.7 Å². The zero-order chi connectivity index (χ0) is 25.6. The van der Waals surface area contributed by atoms with Crippen LogP contribution in [0, 0.1) is 0 Å². The molecule has 2 aromatic carbocycles. The molecule has 2 heterocycles. The second kappa shape index (κ2) is 8.89. The lowest BCUT2D eigenvalue weighted by atomic mass is 9.88. The Morgan fingerprint density at radius 2 is 1.86 bits per heavy atom. The fourth-order valence-corrected chi connectivity index (χ4v) is 5.02. The lowest BCUT2D eigenvalue weighted by molar-refractivity contribution is 0.0992. The number of sulfone groups is 1. The maximum absolute atomic E-state index is 12.8. The maximum atomic E-state index is 12.8. The molecule has 4 aromatic rings. The van der Waals surface area contributed by atoms with Crippen LogP contribution in [0.15, 0.2) is 65.7 Å². The van der Waals surface area contributed by atoms with E-state index in [1.54, 1.807) is 36.4 Å². The highest BCUT2D eigenvalue weighted by atomic mass is 35.5. The van der Waals surface area contributed by atoms with Gasteiger partial charge in [0, 0.05) is 29.3 Å². The first-order valence-electron chi connectivity index (χ1n) is 10.9. The normalized spacial score (nSPS) is 12.5. The van der Waals surface area contributed by atoms with Gasteiger partial charge < -0.3 is 11.1 Å². The van der Waals surface area contributed by atoms with Crippen molar-refractivity contribution in [2.45, 2.75) is 17.7 Å². The smallest absolute Gasteiger partial charge is 0.269 e. The number of aromatic nitrogens is 3. The molecule has 0 bridgehead atoms. The molecular formula is C25H20ClN5O4S. The van der Waals surface area contributed by atoms with Crippen LogP contribution in [0.25, 0.3) is 17.1 Å². The second-order valence-electron chi connectivity index (χ2n) is 8.38. The third kappa shape index (κ3) is 4.25. The van der Waals surface area contributed by atoms with Crippen LogP contribution in [0.1, 0.15) is 32.0 Å². The molecule has 1 aliphatic carbocycles. The molecule has 36 heavy (non-hydrogen) atoms. The number of hydrogen-bond donors (Lipinski definition) is 2. The van der Waals surface area contributed by atoms with Crippen LogP contribution in [0.3, 0.4) is 0 Å². The molecule has 0 radical (unpaired) electrons. The first-order valence-corrected chi connectivity index (χ1v) is 13.2. The Morgan fingerprint density at radius 1 is 1.08 bits per heavy atom. The summed E-state index contributed by atoms with van der Waals surface area (Å²) in [5.41, 5.74) is 9.63. The van der Waals surface area contributed by atoms with Crippen LogP contribution in [0.5, 0.6) is 0 Å². The van der Waals surface area contributed by atoms with Crippen molar-refractivity contribution >= 4 is 38.9 Å². The predicted octanol–water partition coefficient (Wildman–Crippen LogP) is 3.44. The third-order valence-corrected chi connectivity index (χ3v) is 7.40. The van der Waals surface area contributed by atoms with E-state index in [1.807, 2.05) is 6.07 Å². The van der Waals surface area contributed by atoms with Crippen molar-refractivity contribution in [2.75, 3.05) is 11.6 Å². The number of amides is 2. The molecule has 0 saturated heterocycles. The van der Waals surface area contributed by atoms with Gasteiger partial charge in [0.05, 0.1) is 21.2 Å². The van der Waals surface area contributed by atoms with Gasteiger partial charge in [-0.15, -0.1) is 0 Å². The van der Waals surface area contributed by atoms with E-state index in [2.05, 4.69) is 15.4 Å². The van der Waals surface area contributed by atoms with Crippen molar-refractivity contribution < 1.29 is 18.0 Å². The Morgan fingerprint density at radius 3 is 2.53 bits per heavy atom. The van der Waals surface area contributed by atoms with E-state index in [0.29, 0.717) is 46.2 Å². The SMILES string of the molecule is CS(=O)(=O)c1ccc(-n2nc(C(N)=O)c3c2-c2cc(NC(=O)c4ccccc4Cl)ccc2CC3)nc1. The molecule has 3 N–H and O–H groups in total. The van der Waals surface area contributed by atoms with Crippen molar-refractivity contribution in [1.29, 1.82) is 0 Å². The van der Waals surface area contributed by atoms with Gasteiger partial charge in [-0.1, -0.05) is 29.8 Å². The number of pyridine rings is 1. The minimum absolute atomic E-state index is 0.0624. The zero-order valence-electron chi connectivity index (χ0n) is 19.0. The van der Waals surface area contributed by atoms with E-state index in [1.165, 1.54) is 23.0 Å². The van der Waals surface area contributed by atoms with Crippen LogP contribution in [-0.4, -0.2) is 41.3 Å². The van der Waals surface area contributed by atoms with E-state index >= 15 is 0 Å². The van der Waals surface area contributed by atoms with Gasteiger partial charge in [-0.25, -0.2) is 18.1 Å². The fourth-order valence-electron chi connectivity index (χ4n) is 4.24. The molecule has 11 heteroatoms. The van der Waals surface area contributed by atoms with Crippen molar-refractivity contribution in [3.05, 3.63) is 88.2 Å². The zero-order valence-corrected chi connectivity index (χ0v) is 20.6. The number of carbonyl (C=O) groups is 2. The highest BCUT2D eigenvalue weighted by molar-refractivity contribution is 7.90. The largest absolute Gasteiger partial charge is 0.364 e. The number of nitrogens with one attached hydrogen (secondary N) is 1. The third-order valence-electron chi connectivity index (χ3n) is 5.97. The lowest BCUT2D eigenvalue weighted by Crippen LogP contribution is -2.15. The Labute approximate surface area is 211 Å². The van der Waals surface area contributed by atoms with Crippen molar-refractivity contribution in [2.24, 2.45) is 5.73 Å². The molecule has 0 fully saturated rings. The predicted molar refractivity (Wildman–Crippen MR) is 135 cm³/mol. The van der Waals surface area contributed by atoms with Gasteiger partial charge in [0.25, 0.3) is 11.8 Å². The van der Waals surface area contributed by atoms with Gasteiger partial charge >= 0.3 is 0 Å². The van der Waals surface area contributed by atoms with Crippen LogP contribution in [0.4, 0.5) is 5.69 Å². The molecular weight excluding hydrogens is 502 g/mol. The molecule has 2 aromatic heterocycles. The Balaban J connectivity index is 1.61. The average molecular weight is 522 g/mol. The number of fused-ring (bicyclic) bond motifs is 3. The Hall–Kier alpha value is -4.02. The summed E-state index contributed by atoms with van der Waals surface area (Å²) in [6, 6.07) is 15.2. The Bertz CT molecular complexity index is 1650. The van der Waals surface area contributed by atoms with E-state index in [-0.39, 0.29) is 16.5 Å². The number of benzene rings is 2. The first kappa shape index (κ1) is 23.7. The molecule has 9 nitrogen and oxygen atoms in total. The molecule has 0 unspecified atom stereocenters. The minimum Gasteiger partial charge on any atom is -0.364 e. The number of nitrogens with zero attached hydrogens (tertiary/aromatic N) is 3. The summed E-state index contributed by atoms with van der Waals surface area (Å²) < 4.78 is 25.2. The standard InChI is InChI=1S/C25H20ClN5O4S/c1-36(34,35)16-9-11-21(28-13-16)31-23-18(22(30-31)24(27)32)10-7-14-6-8-15(12-19(14)23)29-25(33)17-4-2-3-5-20(17)26/h2-6,8-9,11-13H,7,10H2,1H3,(H2,27,32)(H,29,33). The molecule has 1 aliphatic rings. The molecule has 2 amide bonds. The summed E-state index contributed by atoms with van der Waals surface area (Å²) in [4.78, 5) is 29.3. The number of rotatable bonds is 5. The number of carbonyl (C=O) groups excluding carboxylic acids is 2. The second-order valence-corrected chi connectivity index (χ2v) is 10.8. The van der Waals surface area contributed by atoms with Gasteiger partial charge in [-0.2, -0.15) is 5.10 Å². The van der Waals surface area contributed by atoms with Crippen LogP contribution >= 0.6 is 11.6 Å². The number of hydrogen-bond acceptors (Lipinski definition) is 6. The highest BCUT2D eigenvalue weighted by Crippen LogP contribution is 2.38. The highest BCUT2D eigenvalue weighted by Gasteiger charge is 2.29. The fraction of sp³-hybridized carbons (Fsp3) is 0.120. The quantitative estimate of drug-likeness (QED) is 0.412. The Kier molecular flexibility index (Phi) is 5.85. The summed E-state index contributed by atoms with van der Waals surface area (Å²) >= 11 is 6.17. The van der Waals surface area contributed by atoms with Gasteiger partial charge in [-0.3, -0.25) is 9.59 Å². The van der Waals surface area contributed by atoms with Crippen molar-refractivity contribution in [3.8, 4) is 17.1 Å². The molecule has 0 spiro atoms. The monoisotopic (exact) mass is 521 g/mol.